The van der Waals surface area contributed by atoms with Crippen LogP contribution in [0, 0.1) is 0 Å². The van der Waals surface area contributed by atoms with E-state index in [-0.39, 0.29) is 0 Å². The molecule has 0 spiro atoms. The summed E-state index contributed by atoms with van der Waals surface area (Å²) in [6.45, 7) is 5.48. The normalized spacial score (nSPS) is 14.3. The highest BCUT2D eigenvalue weighted by Gasteiger charge is 2.11. The zero-order valence-corrected chi connectivity index (χ0v) is 10.2. The van der Waals surface area contributed by atoms with E-state index in [1.807, 2.05) is 0 Å². The van der Waals surface area contributed by atoms with E-state index in [0.29, 0.717) is 0 Å². The maximum atomic E-state index is 3.53. The van der Waals surface area contributed by atoms with Gasteiger partial charge in [-0.05, 0) is 36.9 Å². The minimum Gasteiger partial charge on any atom is -0.385 e. The summed E-state index contributed by atoms with van der Waals surface area (Å²) < 4.78 is 0. The van der Waals surface area contributed by atoms with Crippen molar-refractivity contribution in [2.45, 2.75) is 39.2 Å². The molecule has 2 heteroatoms. The number of para-hydroxylation sites is 1. The number of unbranched alkanes of at least 4 members (excludes halogenated alkanes) is 1. The van der Waals surface area contributed by atoms with Gasteiger partial charge in [0.2, 0.25) is 0 Å². The van der Waals surface area contributed by atoms with Crippen molar-refractivity contribution in [2.75, 3.05) is 18.4 Å². The number of benzene rings is 1. The molecule has 0 atom stereocenters. The van der Waals surface area contributed by atoms with Crippen LogP contribution in [0.25, 0.3) is 0 Å². The summed E-state index contributed by atoms with van der Waals surface area (Å²) in [5, 5.41) is 7.04. The molecule has 2 nitrogen and oxygen atoms in total. The van der Waals surface area contributed by atoms with Crippen molar-refractivity contribution in [3.63, 3.8) is 0 Å². The lowest BCUT2D eigenvalue weighted by molar-refractivity contribution is 0.640. The Morgan fingerprint density at radius 3 is 3.19 bits per heavy atom. The first kappa shape index (κ1) is 11.5. The molecule has 1 heterocycles. The Kier molecular flexibility index (Phi) is 4.23. The Labute approximate surface area is 98.4 Å². The molecule has 1 aromatic carbocycles. The highest BCUT2D eigenvalue weighted by molar-refractivity contribution is 5.59. The molecule has 88 valence electrons. The van der Waals surface area contributed by atoms with Crippen LogP contribution in [0.2, 0.25) is 0 Å². The Morgan fingerprint density at radius 1 is 1.38 bits per heavy atom. The van der Waals surface area contributed by atoms with E-state index in [1.165, 1.54) is 42.5 Å². The average molecular weight is 218 g/mol. The number of hydrogen-bond donors (Lipinski definition) is 2. The first-order valence-corrected chi connectivity index (χ1v) is 6.47. The van der Waals surface area contributed by atoms with Crippen molar-refractivity contribution >= 4 is 5.69 Å². The number of nitrogens with one attached hydrogen (secondary N) is 2. The van der Waals surface area contributed by atoms with Crippen molar-refractivity contribution in [2.24, 2.45) is 0 Å². The van der Waals surface area contributed by atoms with Crippen LogP contribution in [0.5, 0.6) is 0 Å². The minimum atomic E-state index is 0.996. The first-order chi connectivity index (χ1) is 7.92. The van der Waals surface area contributed by atoms with E-state index in [1.54, 1.807) is 0 Å². The van der Waals surface area contributed by atoms with Gasteiger partial charge in [-0.15, -0.1) is 0 Å². The molecule has 2 N–H and O–H groups in total. The highest BCUT2D eigenvalue weighted by atomic mass is 14.9. The van der Waals surface area contributed by atoms with E-state index in [4.69, 9.17) is 0 Å². The third-order valence-corrected chi connectivity index (χ3v) is 3.18. The first-order valence-electron chi connectivity index (χ1n) is 6.47. The van der Waals surface area contributed by atoms with Gasteiger partial charge in [0.15, 0.2) is 0 Å². The number of aryl methyl sites for hydroxylation is 1. The van der Waals surface area contributed by atoms with Crippen molar-refractivity contribution in [1.82, 2.24) is 5.32 Å². The largest absolute Gasteiger partial charge is 0.385 e. The van der Waals surface area contributed by atoms with E-state index < -0.39 is 0 Å². The smallest absolute Gasteiger partial charge is 0.0418 e. The lowest BCUT2D eigenvalue weighted by Gasteiger charge is -2.21. The second kappa shape index (κ2) is 5.90. The molecule has 0 unspecified atom stereocenters. The Bertz CT molecular complexity index is 334. The van der Waals surface area contributed by atoms with Gasteiger partial charge in [0.1, 0.15) is 0 Å². The van der Waals surface area contributed by atoms with Gasteiger partial charge in [0, 0.05) is 18.8 Å². The summed E-state index contributed by atoms with van der Waals surface area (Å²) in [4.78, 5) is 0. The van der Waals surface area contributed by atoms with Crippen LogP contribution >= 0.6 is 0 Å². The zero-order chi connectivity index (χ0) is 11.2. The van der Waals surface area contributed by atoms with Crippen LogP contribution in [0.15, 0.2) is 18.2 Å². The molecule has 1 aromatic rings. The summed E-state index contributed by atoms with van der Waals surface area (Å²) >= 11 is 0. The summed E-state index contributed by atoms with van der Waals surface area (Å²) in [6.07, 6.45) is 5.02. The molecule has 0 saturated heterocycles. The van der Waals surface area contributed by atoms with Crippen molar-refractivity contribution in [3.8, 4) is 0 Å². The molecule has 0 aromatic heterocycles. The minimum absolute atomic E-state index is 0.996. The van der Waals surface area contributed by atoms with Crippen LogP contribution < -0.4 is 10.6 Å². The SMILES string of the molecule is CCCCNCc1cccc2c1NCCC2. The van der Waals surface area contributed by atoms with Gasteiger partial charge in [-0.1, -0.05) is 31.5 Å². The molecule has 1 aliphatic rings. The standard InChI is InChI=1S/C14H22N2/c1-2-3-9-15-11-13-7-4-6-12-8-5-10-16-14(12)13/h4,6-7,15-16H,2-3,5,8-11H2,1H3. The summed E-state index contributed by atoms with van der Waals surface area (Å²) in [5.41, 5.74) is 4.30. The second-order valence-electron chi connectivity index (χ2n) is 4.51. The molecule has 0 aliphatic carbocycles. The van der Waals surface area contributed by atoms with E-state index in [0.717, 1.165) is 19.6 Å². The fourth-order valence-corrected chi connectivity index (χ4v) is 2.25. The van der Waals surface area contributed by atoms with E-state index >= 15 is 0 Å². The maximum Gasteiger partial charge on any atom is 0.0418 e. The highest BCUT2D eigenvalue weighted by Crippen LogP contribution is 2.25. The Balaban J connectivity index is 1.97. The molecule has 0 bridgehead atoms. The van der Waals surface area contributed by atoms with E-state index in [2.05, 4.69) is 35.8 Å². The van der Waals surface area contributed by atoms with E-state index in [9.17, 15) is 0 Å². The van der Waals surface area contributed by atoms with Gasteiger partial charge in [-0.2, -0.15) is 0 Å². The lowest BCUT2D eigenvalue weighted by Crippen LogP contribution is -2.19. The lowest BCUT2D eigenvalue weighted by atomic mass is 9.99. The second-order valence-corrected chi connectivity index (χ2v) is 4.51. The molecule has 1 aliphatic heterocycles. The predicted octanol–water partition coefficient (Wildman–Crippen LogP) is 2.93. The summed E-state index contributed by atoms with van der Waals surface area (Å²) in [7, 11) is 0. The van der Waals surface area contributed by atoms with Crippen LogP contribution in [-0.2, 0) is 13.0 Å². The molecule has 16 heavy (non-hydrogen) atoms. The number of hydrogen-bond acceptors (Lipinski definition) is 2. The Morgan fingerprint density at radius 2 is 2.31 bits per heavy atom. The van der Waals surface area contributed by atoms with Gasteiger partial charge in [-0.25, -0.2) is 0 Å². The van der Waals surface area contributed by atoms with Crippen molar-refractivity contribution in [1.29, 1.82) is 0 Å². The van der Waals surface area contributed by atoms with Gasteiger partial charge in [0.25, 0.3) is 0 Å². The molecule has 0 radical (unpaired) electrons. The van der Waals surface area contributed by atoms with Gasteiger partial charge >= 0.3 is 0 Å². The fraction of sp³-hybridized carbons (Fsp3) is 0.571. The zero-order valence-electron chi connectivity index (χ0n) is 10.2. The number of fused-ring (bicyclic) bond motifs is 1. The van der Waals surface area contributed by atoms with Crippen LogP contribution in [0.4, 0.5) is 5.69 Å². The fourth-order valence-electron chi connectivity index (χ4n) is 2.25. The Hall–Kier alpha value is -1.02. The predicted molar refractivity (Wildman–Crippen MR) is 69.9 cm³/mol. The van der Waals surface area contributed by atoms with Crippen molar-refractivity contribution < 1.29 is 0 Å². The summed E-state index contributed by atoms with van der Waals surface area (Å²) in [5.74, 6) is 0. The molecule has 0 fully saturated rings. The van der Waals surface area contributed by atoms with Gasteiger partial charge in [0.05, 0.1) is 0 Å². The van der Waals surface area contributed by atoms with Crippen LogP contribution in [-0.4, -0.2) is 13.1 Å². The summed E-state index contributed by atoms with van der Waals surface area (Å²) in [6, 6.07) is 6.66. The van der Waals surface area contributed by atoms with Crippen molar-refractivity contribution in [3.05, 3.63) is 29.3 Å². The number of anilines is 1. The molecular formula is C14H22N2. The number of rotatable bonds is 5. The monoisotopic (exact) mass is 218 g/mol. The van der Waals surface area contributed by atoms with Gasteiger partial charge < -0.3 is 10.6 Å². The third kappa shape index (κ3) is 2.76. The molecule has 0 amide bonds. The average Bonchev–Trinajstić information content (AvgIpc) is 2.35. The maximum absolute atomic E-state index is 3.53. The quantitative estimate of drug-likeness (QED) is 0.743. The molecular weight excluding hydrogens is 196 g/mol. The van der Waals surface area contributed by atoms with Crippen LogP contribution in [0.3, 0.4) is 0 Å². The van der Waals surface area contributed by atoms with Gasteiger partial charge in [-0.3, -0.25) is 0 Å². The third-order valence-electron chi connectivity index (χ3n) is 3.18. The van der Waals surface area contributed by atoms with Crippen LogP contribution in [0.1, 0.15) is 37.3 Å². The topological polar surface area (TPSA) is 24.1 Å². The molecule has 2 rings (SSSR count). The molecule has 0 saturated carbocycles.